The van der Waals surface area contributed by atoms with Crippen LogP contribution in [0.1, 0.15) is 12.5 Å². The Kier molecular flexibility index (Phi) is 2.73. The van der Waals surface area contributed by atoms with E-state index in [-0.39, 0.29) is 6.10 Å². The number of halogens is 1. The standard InChI is InChI=1S/C10H9BrN2O2/c1-6-9(12-13-10(14)15-6)7-2-4-8(11)5-3-7/h2-6H,1H3,(H,13,14). The highest BCUT2D eigenvalue weighted by molar-refractivity contribution is 9.10. The molecule has 2 rings (SSSR count). The Balaban J connectivity index is 2.31. The number of nitrogens with zero attached hydrogens (tertiary/aromatic N) is 1. The Labute approximate surface area is 95.4 Å². The van der Waals surface area contributed by atoms with Gasteiger partial charge in [-0.25, -0.2) is 10.2 Å². The van der Waals surface area contributed by atoms with E-state index in [0.717, 1.165) is 15.7 Å². The van der Waals surface area contributed by atoms with Crippen LogP contribution >= 0.6 is 15.9 Å². The third kappa shape index (κ3) is 2.18. The molecule has 1 unspecified atom stereocenters. The normalized spacial score (nSPS) is 20.3. The van der Waals surface area contributed by atoms with Crippen molar-refractivity contribution < 1.29 is 9.53 Å². The van der Waals surface area contributed by atoms with E-state index in [0.29, 0.717) is 0 Å². The first kappa shape index (κ1) is 10.2. The Bertz CT molecular complexity index is 414. The van der Waals surface area contributed by atoms with Crippen molar-refractivity contribution in [1.29, 1.82) is 0 Å². The smallest absolute Gasteiger partial charge is 0.428 e. The van der Waals surface area contributed by atoms with E-state index in [1.165, 1.54) is 0 Å². The van der Waals surface area contributed by atoms with Crippen LogP contribution in [0.3, 0.4) is 0 Å². The first-order valence-electron chi connectivity index (χ1n) is 4.47. The lowest BCUT2D eigenvalue weighted by molar-refractivity contribution is 0.127. The monoisotopic (exact) mass is 268 g/mol. The maximum Gasteiger partial charge on any atom is 0.428 e. The number of hydrogen-bond acceptors (Lipinski definition) is 3. The highest BCUT2D eigenvalue weighted by Gasteiger charge is 2.22. The molecule has 0 spiro atoms. The predicted molar refractivity (Wildman–Crippen MR) is 59.8 cm³/mol. The molecule has 15 heavy (non-hydrogen) atoms. The van der Waals surface area contributed by atoms with Crippen LogP contribution in [0.15, 0.2) is 33.8 Å². The number of hydrogen-bond donors (Lipinski definition) is 1. The van der Waals surface area contributed by atoms with Crippen molar-refractivity contribution in [1.82, 2.24) is 5.43 Å². The van der Waals surface area contributed by atoms with Gasteiger partial charge in [-0.1, -0.05) is 28.1 Å². The molecule has 0 saturated carbocycles. The molecule has 1 aromatic rings. The van der Waals surface area contributed by atoms with Crippen LogP contribution in [0.25, 0.3) is 0 Å². The summed E-state index contributed by atoms with van der Waals surface area (Å²) in [6, 6.07) is 7.67. The van der Waals surface area contributed by atoms with E-state index in [1.807, 2.05) is 24.3 Å². The average Bonchev–Trinajstić information content (AvgIpc) is 2.20. The number of carbonyl (C=O) groups excluding carboxylic acids is 1. The summed E-state index contributed by atoms with van der Waals surface area (Å²) < 4.78 is 5.99. The van der Waals surface area contributed by atoms with Crippen molar-refractivity contribution in [3.05, 3.63) is 34.3 Å². The van der Waals surface area contributed by atoms with E-state index < -0.39 is 6.09 Å². The second-order valence-electron chi connectivity index (χ2n) is 3.16. The highest BCUT2D eigenvalue weighted by Crippen LogP contribution is 2.14. The first-order valence-corrected chi connectivity index (χ1v) is 5.26. The number of cyclic esters (lactones) is 1. The molecule has 1 aliphatic rings. The van der Waals surface area contributed by atoms with Crippen LogP contribution in [0.2, 0.25) is 0 Å². The topological polar surface area (TPSA) is 50.7 Å². The zero-order valence-corrected chi connectivity index (χ0v) is 9.61. The molecule has 5 heteroatoms. The summed E-state index contributed by atoms with van der Waals surface area (Å²) in [5, 5.41) is 3.97. The fraction of sp³-hybridized carbons (Fsp3) is 0.200. The summed E-state index contributed by atoms with van der Waals surface area (Å²) in [5.74, 6) is 0. The molecule has 1 heterocycles. The zero-order valence-electron chi connectivity index (χ0n) is 8.03. The first-order chi connectivity index (χ1) is 7.16. The second kappa shape index (κ2) is 4.02. The van der Waals surface area contributed by atoms with Crippen molar-refractivity contribution >= 4 is 27.7 Å². The summed E-state index contributed by atoms with van der Waals surface area (Å²) in [6.45, 7) is 1.79. The second-order valence-corrected chi connectivity index (χ2v) is 4.08. The molecular weight excluding hydrogens is 260 g/mol. The molecule has 1 aromatic carbocycles. The molecule has 0 aliphatic carbocycles. The van der Waals surface area contributed by atoms with Crippen LogP contribution in [0, 0.1) is 0 Å². The molecule has 0 fully saturated rings. The number of ether oxygens (including phenoxy) is 1. The van der Waals surface area contributed by atoms with Gasteiger partial charge in [-0.2, -0.15) is 5.10 Å². The van der Waals surface area contributed by atoms with Crippen molar-refractivity contribution in [3.63, 3.8) is 0 Å². The van der Waals surface area contributed by atoms with Gasteiger partial charge in [-0.05, 0) is 19.1 Å². The van der Waals surface area contributed by atoms with E-state index >= 15 is 0 Å². The van der Waals surface area contributed by atoms with E-state index in [2.05, 4.69) is 26.5 Å². The molecule has 78 valence electrons. The predicted octanol–water partition coefficient (Wildman–Crippen LogP) is 2.28. The maximum absolute atomic E-state index is 10.9. The summed E-state index contributed by atoms with van der Waals surface area (Å²) in [6.07, 6.45) is -0.830. The van der Waals surface area contributed by atoms with Gasteiger partial charge in [-0.15, -0.1) is 0 Å². The van der Waals surface area contributed by atoms with Gasteiger partial charge < -0.3 is 4.74 Å². The van der Waals surface area contributed by atoms with Gasteiger partial charge >= 0.3 is 6.09 Å². The molecule has 1 atom stereocenters. The van der Waals surface area contributed by atoms with E-state index in [1.54, 1.807) is 6.92 Å². The third-order valence-electron chi connectivity index (χ3n) is 2.08. The SMILES string of the molecule is CC1OC(=O)NN=C1c1ccc(Br)cc1. The van der Waals surface area contributed by atoms with Crippen molar-refractivity contribution in [2.75, 3.05) is 0 Å². The van der Waals surface area contributed by atoms with Gasteiger partial charge in [0.2, 0.25) is 0 Å². The Morgan fingerprint density at radius 2 is 2.07 bits per heavy atom. The molecule has 0 bridgehead atoms. The van der Waals surface area contributed by atoms with Gasteiger partial charge in [0.05, 0.1) is 0 Å². The van der Waals surface area contributed by atoms with Gasteiger partial charge in [0.1, 0.15) is 11.8 Å². The lowest BCUT2D eigenvalue weighted by Gasteiger charge is -2.20. The Morgan fingerprint density at radius 1 is 1.40 bits per heavy atom. The molecule has 0 radical (unpaired) electrons. The van der Waals surface area contributed by atoms with Crippen LogP contribution in [-0.4, -0.2) is 17.9 Å². The number of nitrogens with one attached hydrogen (secondary N) is 1. The van der Waals surface area contributed by atoms with E-state index in [4.69, 9.17) is 4.74 Å². The summed E-state index contributed by atoms with van der Waals surface area (Å²) in [4.78, 5) is 10.9. The minimum absolute atomic E-state index is 0.320. The Morgan fingerprint density at radius 3 is 2.67 bits per heavy atom. The third-order valence-corrected chi connectivity index (χ3v) is 2.61. The number of benzene rings is 1. The van der Waals surface area contributed by atoms with Crippen LogP contribution in [0.5, 0.6) is 0 Å². The van der Waals surface area contributed by atoms with Gasteiger partial charge in [0.15, 0.2) is 0 Å². The minimum atomic E-state index is -0.511. The molecule has 4 nitrogen and oxygen atoms in total. The molecule has 0 saturated heterocycles. The van der Waals surface area contributed by atoms with Crippen LogP contribution < -0.4 is 5.43 Å². The molecule has 1 amide bonds. The Hall–Kier alpha value is -1.36. The molecule has 0 aromatic heterocycles. The number of amides is 1. The number of carbonyl (C=O) groups is 1. The summed E-state index contributed by atoms with van der Waals surface area (Å²) >= 11 is 3.35. The van der Waals surface area contributed by atoms with E-state index in [9.17, 15) is 4.79 Å². The lowest BCUT2D eigenvalue weighted by atomic mass is 10.1. The van der Waals surface area contributed by atoms with Crippen molar-refractivity contribution in [3.8, 4) is 0 Å². The zero-order chi connectivity index (χ0) is 10.8. The lowest BCUT2D eigenvalue weighted by Crippen LogP contribution is -2.37. The molecular formula is C10H9BrN2O2. The minimum Gasteiger partial charge on any atom is -0.439 e. The fourth-order valence-electron chi connectivity index (χ4n) is 1.36. The number of rotatable bonds is 1. The summed E-state index contributed by atoms with van der Waals surface area (Å²) in [7, 11) is 0. The molecule has 1 N–H and O–H groups in total. The fourth-order valence-corrected chi connectivity index (χ4v) is 1.62. The summed E-state index contributed by atoms with van der Waals surface area (Å²) in [5.41, 5.74) is 3.95. The number of hydrazone groups is 1. The average molecular weight is 269 g/mol. The van der Waals surface area contributed by atoms with Crippen molar-refractivity contribution in [2.45, 2.75) is 13.0 Å². The maximum atomic E-state index is 10.9. The van der Waals surface area contributed by atoms with Gasteiger partial charge in [0, 0.05) is 10.0 Å². The van der Waals surface area contributed by atoms with Crippen molar-refractivity contribution in [2.24, 2.45) is 5.10 Å². The highest BCUT2D eigenvalue weighted by atomic mass is 79.9. The molecule has 1 aliphatic heterocycles. The van der Waals surface area contributed by atoms with Gasteiger partial charge in [-0.3, -0.25) is 0 Å². The van der Waals surface area contributed by atoms with Crippen LogP contribution in [-0.2, 0) is 4.74 Å². The largest absolute Gasteiger partial charge is 0.439 e. The van der Waals surface area contributed by atoms with Crippen LogP contribution in [0.4, 0.5) is 4.79 Å². The quantitative estimate of drug-likeness (QED) is 0.850. The van der Waals surface area contributed by atoms with Gasteiger partial charge in [0.25, 0.3) is 0 Å².